The number of para-hydroxylation sites is 1. The van der Waals surface area contributed by atoms with Gasteiger partial charge in [-0.25, -0.2) is 0 Å². The first-order valence-corrected chi connectivity index (χ1v) is 5.19. The van der Waals surface area contributed by atoms with E-state index < -0.39 is 0 Å². The lowest BCUT2D eigenvalue weighted by atomic mass is 10.1. The Morgan fingerprint density at radius 1 is 1.33 bits per heavy atom. The van der Waals surface area contributed by atoms with Crippen molar-refractivity contribution in [2.75, 3.05) is 0 Å². The van der Waals surface area contributed by atoms with Crippen LogP contribution in [-0.2, 0) is 6.42 Å². The molecule has 0 aliphatic carbocycles. The average Bonchev–Trinajstić information content (AvgIpc) is 2.62. The van der Waals surface area contributed by atoms with E-state index in [1.54, 1.807) is 0 Å². The second-order valence-electron chi connectivity index (χ2n) is 3.78. The highest BCUT2D eigenvalue weighted by atomic mass is 16.3. The van der Waals surface area contributed by atoms with Crippen LogP contribution in [0.25, 0.3) is 10.9 Å². The summed E-state index contributed by atoms with van der Waals surface area (Å²) >= 11 is 0. The van der Waals surface area contributed by atoms with Gasteiger partial charge in [0.15, 0.2) is 0 Å². The Bertz CT molecular complexity index is 470. The van der Waals surface area contributed by atoms with Gasteiger partial charge in [0, 0.05) is 23.5 Å². The molecule has 0 aliphatic rings. The molecule has 0 unspecified atom stereocenters. The van der Waals surface area contributed by atoms with Gasteiger partial charge in [-0.05, 0) is 24.5 Å². The van der Waals surface area contributed by atoms with Crippen LogP contribution >= 0.6 is 0 Å². The lowest BCUT2D eigenvalue weighted by Gasteiger charge is -1.98. The summed E-state index contributed by atoms with van der Waals surface area (Å²) in [5.41, 5.74) is 2.49. The molecular formula is C13H15NO. The fourth-order valence-electron chi connectivity index (χ4n) is 1.82. The number of hydrogen-bond acceptors (Lipinski definition) is 1. The summed E-state index contributed by atoms with van der Waals surface area (Å²) in [4.78, 5) is 3.24. The Balaban J connectivity index is 2.11. The van der Waals surface area contributed by atoms with Crippen LogP contribution in [0.15, 0.2) is 42.8 Å². The van der Waals surface area contributed by atoms with Gasteiger partial charge in [-0.2, -0.15) is 0 Å². The molecule has 2 heteroatoms. The zero-order chi connectivity index (χ0) is 10.7. The van der Waals surface area contributed by atoms with Crippen molar-refractivity contribution >= 4 is 10.9 Å². The molecule has 1 aromatic carbocycles. The molecule has 2 N–H and O–H groups in total. The van der Waals surface area contributed by atoms with Crippen LogP contribution in [0.5, 0.6) is 0 Å². The number of aromatic nitrogens is 1. The number of aromatic amines is 1. The molecule has 78 valence electrons. The lowest BCUT2D eigenvalue weighted by molar-refractivity contribution is 0.387. The number of aliphatic hydroxyl groups excluding tert-OH is 1. The molecule has 0 fully saturated rings. The number of rotatable bonds is 4. The normalized spacial score (nSPS) is 10.7. The number of allylic oxidation sites excluding steroid dienone is 1. The van der Waals surface area contributed by atoms with E-state index >= 15 is 0 Å². The lowest BCUT2D eigenvalue weighted by Crippen LogP contribution is -1.85. The first-order valence-electron chi connectivity index (χ1n) is 5.19. The quantitative estimate of drug-likeness (QED) is 0.729. The number of benzene rings is 1. The molecule has 0 aliphatic heterocycles. The van der Waals surface area contributed by atoms with E-state index in [1.807, 2.05) is 18.3 Å². The summed E-state index contributed by atoms with van der Waals surface area (Å²) in [6.07, 6.45) is 4.64. The molecule has 2 nitrogen and oxygen atoms in total. The van der Waals surface area contributed by atoms with Gasteiger partial charge in [0.25, 0.3) is 0 Å². The Morgan fingerprint density at radius 2 is 2.13 bits per heavy atom. The van der Waals surface area contributed by atoms with Crippen LogP contribution in [0.3, 0.4) is 0 Å². The van der Waals surface area contributed by atoms with Crippen molar-refractivity contribution in [2.24, 2.45) is 0 Å². The first-order chi connectivity index (χ1) is 7.27. The minimum Gasteiger partial charge on any atom is -0.513 e. The van der Waals surface area contributed by atoms with Gasteiger partial charge in [0.05, 0.1) is 5.76 Å². The van der Waals surface area contributed by atoms with Crippen molar-refractivity contribution in [3.63, 3.8) is 0 Å². The van der Waals surface area contributed by atoms with E-state index in [-0.39, 0.29) is 5.76 Å². The second kappa shape index (κ2) is 4.22. The maximum Gasteiger partial charge on any atom is 0.0851 e. The number of nitrogens with one attached hydrogen (secondary N) is 1. The number of aliphatic hydroxyl groups is 1. The first kappa shape index (κ1) is 9.84. The van der Waals surface area contributed by atoms with E-state index in [0.29, 0.717) is 6.42 Å². The van der Waals surface area contributed by atoms with Gasteiger partial charge in [-0.15, -0.1) is 0 Å². The number of H-pyrrole nitrogens is 1. The zero-order valence-corrected chi connectivity index (χ0v) is 8.66. The minimum absolute atomic E-state index is 0.273. The molecule has 1 aromatic heterocycles. The highest BCUT2D eigenvalue weighted by molar-refractivity contribution is 5.82. The highest BCUT2D eigenvalue weighted by Crippen LogP contribution is 2.19. The van der Waals surface area contributed by atoms with Crippen molar-refractivity contribution < 1.29 is 5.11 Å². The summed E-state index contributed by atoms with van der Waals surface area (Å²) in [5, 5.41) is 10.3. The van der Waals surface area contributed by atoms with Gasteiger partial charge in [-0.1, -0.05) is 24.8 Å². The minimum atomic E-state index is 0.273. The van der Waals surface area contributed by atoms with Crippen molar-refractivity contribution in [2.45, 2.75) is 19.3 Å². The molecule has 0 bridgehead atoms. The van der Waals surface area contributed by atoms with E-state index in [9.17, 15) is 0 Å². The largest absolute Gasteiger partial charge is 0.513 e. The van der Waals surface area contributed by atoms with Gasteiger partial charge in [-0.3, -0.25) is 0 Å². The maximum atomic E-state index is 8.99. The van der Waals surface area contributed by atoms with Gasteiger partial charge in [0.1, 0.15) is 0 Å². The number of aryl methyl sites for hydroxylation is 1. The molecule has 1 heterocycles. The second-order valence-corrected chi connectivity index (χ2v) is 3.78. The Morgan fingerprint density at radius 3 is 2.93 bits per heavy atom. The molecule has 0 spiro atoms. The van der Waals surface area contributed by atoms with Gasteiger partial charge < -0.3 is 10.1 Å². The summed E-state index contributed by atoms with van der Waals surface area (Å²) in [7, 11) is 0. The SMILES string of the molecule is C=C(O)CCCc1c[nH]c2ccccc12. The van der Waals surface area contributed by atoms with Crippen LogP contribution in [0.2, 0.25) is 0 Å². The summed E-state index contributed by atoms with van der Waals surface area (Å²) in [5.74, 6) is 0.273. The monoisotopic (exact) mass is 201 g/mol. The summed E-state index contributed by atoms with van der Waals surface area (Å²) in [6, 6.07) is 8.27. The summed E-state index contributed by atoms with van der Waals surface area (Å²) < 4.78 is 0. The smallest absolute Gasteiger partial charge is 0.0851 e. The topological polar surface area (TPSA) is 36.0 Å². The van der Waals surface area contributed by atoms with Gasteiger partial charge >= 0.3 is 0 Å². The predicted molar refractivity (Wildman–Crippen MR) is 63.0 cm³/mol. The summed E-state index contributed by atoms with van der Waals surface area (Å²) in [6.45, 7) is 3.48. The third-order valence-corrected chi connectivity index (χ3v) is 2.59. The van der Waals surface area contributed by atoms with Crippen LogP contribution in [0.1, 0.15) is 18.4 Å². The van der Waals surface area contributed by atoms with Crippen molar-refractivity contribution in [3.8, 4) is 0 Å². The van der Waals surface area contributed by atoms with E-state index in [1.165, 1.54) is 16.5 Å². The molecular weight excluding hydrogens is 186 g/mol. The fourth-order valence-corrected chi connectivity index (χ4v) is 1.82. The molecule has 0 radical (unpaired) electrons. The predicted octanol–water partition coefficient (Wildman–Crippen LogP) is 3.56. The standard InChI is InChI=1S/C13H15NO/c1-10(15)5-4-6-11-9-14-13-8-3-2-7-12(11)13/h2-3,7-9,14-15H,1,4-6H2. The van der Waals surface area contributed by atoms with Crippen LogP contribution in [0.4, 0.5) is 0 Å². The Kier molecular flexibility index (Phi) is 2.77. The number of hydrogen-bond donors (Lipinski definition) is 2. The van der Waals surface area contributed by atoms with Crippen LogP contribution < -0.4 is 0 Å². The molecule has 2 aromatic rings. The average molecular weight is 201 g/mol. The van der Waals surface area contributed by atoms with E-state index in [4.69, 9.17) is 5.11 Å². The maximum absolute atomic E-state index is 8.99. The van der Waals surface area contributed by atoms with Crippen molar-refractivity contribution in [1.82, 2.24) is 4.98 Å². The third kappa shape index (κ3) is 2.21. The number of fused-ring (bicyclic) bond motifs is 1. The molecule has 0 saturated heterocycles. The molecule has 2 rings (SSSR count). The van der Waals surface area contributed by atoms with Crippen LogP contribution in [-0.4, -0.2) is 10.1 Å². The third-order valence-electron chi connectivity index (χ3n) is 2.59. The van der Waals surface area contributed by atoms with Crippen molar-refractivity contribution in [1.29, 1.82) is 0 Å². The zero-order valence-electron chi connectivity index (χ0n) is 8.66. The molecule has 0 saturated carbocycles. The molecule has 0 amide bonds. The highest BCUT2D eigenvalue weighted by Gasteiger charge is 2.02. The van der Waals surface area contributed by atoms with Crippen LogP contribution in [0, 0.1) is 0 Å². The van der Waals surface area contributed by atoms with E-state index in [0.717, 1.165) is 12.8 Å². The fraction of sp³-hybridized carbons (Fsp3) is 0.231. The van der Waals surface area contributed by atoms with Crippen molar-refractivity contribution in [3.05, 3.63) is 48.4 Å². The van der Waals surface area contributed by atoms with E-state index in [2.05, 4.69) is 23.7 Å². The molecule has 15 heavy (non-hydrogen) atoms. The van der Waals surface area contributed by atoms with Gasteiger partial charge in [0.2, 0.25) is 0 Å². The Hall–Kier alpha value is -1.70. The Labute approximate surface area is 89.3 Å². The molecule has 0 atom stereocenters.